The van der Waals surface area contributed by atoms with Crippen LogP contribution in [-0.4, -0.2) is 7.11 Å². The lowest BCUT2D eigenvalue weighted by molar-refractivity contribution is 0.409. The molecule has 0 spiro atoms. The third-order valence-electron chi connectivity index (χ3n) is 4.20. The minimum Gasteiger partial charge on any atom is -0.497 e. The molecule has 1 nitrogen and oxygen atoms in total. The molecule has 92 valence electrons. The largest absolute Gasteiger partial charge is 0.497 e. The van der Waals surface area contributed by atoms with Crippen LogP contribution in [0.3, 0.4) is 0 Å². The van der Waals surface area contributed by atoms with E-state index in [9.17, 15) is 4.39 Å². The number of methoxy groups -OCH3 is 1. The first-order chi connectivity index (χ1) is 8.19. The predicted octanol–water partition coefficient (Wildman–Crippen LogP) is 4.32. The number of fused-ring (bicyclic) bond motifs is 1. The van der Waals surface area contributed by atoms with Gasteiger partial charge in [0.05, 0.1) is 7.11 Å². The highest BCUT2D eigenvalue weighted by Gasteiger charge is 2.47. The van der Waals surface area contributed by atoms with Crippen LogP contribution in [0.25, 0.3) is 0 Å². The van der Waals surface area contributed by atoms with E-state index in [1.165, 1.54) is 25.3 Å². The van der Waals surface area contributed by atoms with Crippen molar-refractivity contribution in [2.24, 2.45) is 17.8 Å². The minimum absolute atomic E-state index is 0.154. The zero-order valence-electron chi connectivity index (χ0n) is 9.83. The quantitative estimate of drug-likeness (QED) is 0.755. The first kappa shape index (κ1) is 11.5. The van der Waals surface area contributed by atoms with E-state index >= 15 is 0 Å². The summed E-state index contributed by atoms with van der Waals surface area (Å²) >= 11 is 3.68. The monoisotopic (exact) mass is 298 g/mol. The third-order valence-corrected chi connectivity index (χ3v) is 5.44. The Morgan fingerprint density at radius 3 is 2.59 bits per heavy atom. The van der Waals surface area contributed by atoms with Crippen molar-refractivity contribution < 1.29 is 9.13 Å². The highest BCUT2D eigenvalue weighted by Crippen LogP contribution is 2.58. The van der Waals surface area contributed by atoms with Crippen LogP contribution < -0.4 is 4.74 Å². The van der Waals surface area contributed by atoms with Crippen molar-refractivity contribution in [1.29, 1.82) is 0 Å². The molecule has 0 aliphatic heterocycles. The Morgan fingerprint density at radius 1 is 1.29 bits per heavy atom. The molecule has 0 heterocycles. The number of benzene rings is 1. The van der Waals surface area contributed by atoms with Crippen molar-refractivity contribution in [3.05, 3.63) is 29.6 Å². The fraction of sp³-hybridized carbons (Fsp3) is 0.571. The maximum atomic E-state index is 13.9. The van der Waals surface area contributed by atoms with Gasteiger partial charge in [-0.1, -0.05) is 22.0 Å². The van der Waals surface area contributed by atoms with Crippen LogP contribution >= 0.6 is 15.9 Å². The van der Waals surface area contributed by atoms with E-state index in [4.69, 9.17) is 4.74 Å². The van der Waals surface area contributed by atoms with Gasteiger partial charge in [0.15, 0.2) is 0 Å². The lowest BCUT2D eigenvalue weighted by Gasteiger charge is -2.20. The Labute approximate surface area is 109 Å². The summed E-state index contributed by atoms with van der Waals surface area (Å²) in [5.74, 6) is 2.89. The molecule has 0 saturated heterocycles. The highest BCUT2D eigenvalue weighted by molar-refractivity contribution is 9.09. The molecule has 17 heavy (non-hydrogen) atoms. The Kier molecular flexibility index (Phi) is 2.89. The normalized spacial score (nSPS) is 32.1. The zero-order valence-corrected chi connectivity index (χ0v) is 11.4. The van der Waals surface area contributed by atoms with Gasteiger partial charge < -0.3 is 4.74 Å². The fourth-order valence-electron chi connectivity index (χ4n) is 3.11. The number of rotatable bonds is 3. The molecule has 2 aliphatic carbocycles. The summed E-state index contributed by atoms with van der Waals surface area (Å²) in [6.07, 6.45) is 3.92. The lowest BCUT2D eigenvalue weighted by atomic mass is 9.94. The molecule has 1 aromatic rings. The summed E-state index contributed by atoms with van der Waals surface area (Å²) in [7, 11) is 1.56. The average molecular weight is 299 g/mol. The topological polar surface area (TPSA) is 9.23 Å². The van der Waals surface area contributed by atoms with Crippen LogP contribution in [0.1, 0.15) is 29.7 Å². The molecular weight excluding hydrogens is 283 g/mol. The lowest BCUT2D eigenvalue weighted by Crippen LogP contribution is -2.07. The van der Waals surface area contributed by atoms with Crippen molar-refractivity contribution in [2.45, 2.75) is 24.1 Å². The second-order valence-corrected chi connectivity index (χ2v) is 6.26. The van der Waals surface area contributed by atoms with Gasteiger partial charge in [0.1, 0.15) is 11.6 Å². The van der Waals surface area contributed by atoms with Crippen LogP contribution in [0.4, 0.5) is 4.39 Å². The van der Waals surface area contributed by atoms with Gasteiger partial charge in [-0.15, -0.1) is 0 Å². The number of hydrogen-bond donors (Lipinski definition) is 0. The van der Waals surface area contributed by atoms with Crippen LogP contribution in [0.15, 0.2) is 18.2 Å². The van der Waals surface area contributed by atoms with Crippen molar-refractivity contribution >= 4 is 15.9 Å². The van der Waals surface area contributed by atoms with Gasteiger partial charge in [0.25, 0.3) is 0 Å². The van der Waals surface area contributed by atoms with Gasteiger partial charge in [-0.25, -0.2) is 4.39 Å². The minimum atomic E-state index is -0.160. The van der Waals surface area contributed by atoms with E-state index in [0.717, 1.165) is 17.4 Å². The first-order valence-electron chi connectivity index (χ1n) is 6.16. The van der Waals surface area contributed by atoms with E-state index < -0.39 is 0 Å². The fourth-order valence-corrected chi connectivity index (χ4v) is 3.92. The second-order valence-electron chi connectivity index (χ2n) is 5.28. The van der Waals surface area contributed by atoms with E-state index in [0.29, 0.717) is 11.7 Å². The van der Waals surface area contributed by atoms with Gasteiger partial charge in [-0.2, -0.15) is 0 Å². The Bertz CT molecular complexity index is 424. The summed E-state index contributed by atoms with van der Waals surface area (Å²) in [5, 5.41) is 0. The van der Waals surface area contributed by atoms with Crippen LogP contribution in [0.2, 0.25) is 0 Å². The van der Waals surface area contributed by atoms with Gasteiger partial charge in [-0.3, -0.25) is 0 Å². The summed E-state index contributed by atoms with van der Waals surface area (Å²) in [6, 6.07) is 5.15. The molecule has 0 amide bonds. The zero-order chi connectivity index (χ0) is 12.0. The molecule has 2 saturated carbocycles. The van der Waals surface area contributed by atoms with Crippen LogP contribution in [-0.2, 0) is 0 Å². The molecule has 0 N–H and O–H groups in total. The van der Waals surface area contributed by atoms with Crippen LogP contribution in [0, 0.1) is 23.6 Å². The number of ether oxygens (including phenoxy) is 1. The van der Waals surface area contributed by atoms with E-state index in [-0.39, 0.29) is 10.6 Å². The molecular formula is C14H16BrFO. The SMILES string of the molecule is COc1ccc(C(Br)C2CC3CC3C2)c(F)c1. The third kappa shape index (κ3) is 2.10. The molecule has 3 unspecified atom stereocenters. The molecule has 1 aromatic carbocycles. The smallest absolute Gasteiger partial charge is 0.131 e. The van der Waals surface area contributed by atoms with Gasteiger partial charge in [-0.05, 0) is 43.1 Å². The second kappa shape index (κ2) is 4.27. The van der Waals surface area contributed by atoms with Gasteiger partial charge in [0, 0.05) is 16.5 Å². The van der Waals surface area contributed by atoms with E-state index in [1.807, 2.05) is 12.1 Å². The summed E-state index contributed by atoms with van der Waals surface area (Å²) < 4.78 is 19.0. The molecule has 0 bridgehead atoms. The van der Waals surface area contributed by atoms with Crippen molar-refractivity contribution in [3.8, 4) is 5.75 Å². The number of halogens is 2. The summed E-state index contributed by atoms with van der Waals surface area (Å²) in [5.41, 5.74) is 0.775. The predicted molar refractivity (Wildman–Crippen MR) is 68.9 cm³/mol. The average Bonchev–Trinajstić information content (AvgIpc) is 2.95. The maximum Gasteiger partial charge on any atom is 0.131 e. The van der Waals surface area contributed by atoms with E-state index in [1.54, 1.807) is 7.11 Å². The molecule has 2 aliphatic rings. The number of alkyl halides is 1. The Morgan fingerprint density at radius 2 is 2.00 bits per heavy atom. The summed E-state index contributed by atoms with van der Waals surface area (Å²) in [4.78, 5) is 0.154. The first-order valence-corrected chi connectivity index (χ1v) is 7.08. The maximum absolute atomic E-state index is 13.9. The van der Waals surface area contributed by atoms with E-state index in [2.05, 4.69) is 15.9 Å². The van der Waals surface area contributed by atoms with Crippen molar-refractivity contribution in [2.75, 3.05) is 7.11 Å². The van der Waals surface area contributed by atoms with Crippen molar-refractivity contribution in [1.82, 2.24) is 0 Å². The molecule has 0 aromatic heterocycles. The van der Waals surface area contributed by atoms with Crippen molar-refractivity contribution in [3.63, 3.8) is 0 Å². The Hall–Kier alpha value is -0.570. The molecule has 3 atom stereocenters. The standard InChI is InChI=1S/C14H16BrFO/c1-17-11-2-3-12(13(16)7-11)14(15)10-5-8-4-9(8)6-10/h2-3,7-10,14H,4-6H2,1H3. The number of hydrogen-bond acceptors (Lipinski definition) is 1. The molecule has 3 rings (SSSR count). The van der Waals surface area contributed by atoms with Gasteiger partial charge >= 0.3 is 0 Å². The van der Waals surface area contributed by atoms with Gasteiger partial charge in [0.2, 0.25) is 0 Å². The molecule has 2 fully saturated rings. The highest BCUT2D eigenvalue weighted by atomic mass is 79.9. The molecule has 0 radical (unpaired) electrons. The summed E-state index contributed by atoms with van der Waals surface area (Å²) in [6.45, 7) is 0. The molecule has 3 heteroatoms. The Balaban J connectivity index is 1.78. The van der Waals surface area contributed by atoms with Crippen LogP contribution in [0.5, 0.6) is 5.75 Å².